The Morgan fingerprint density at radius 1 is 1.13 bits per heavy atom. The third-order valence-corrected chi connectivity index (χ3v) is 6.32. The Kier molecular flexibility index (Phi) is 7.74. The first kappa shape index (κ1) is 18.6. The summed E-state index contributed by atoms with van der Waals surface area (Å²) in [5, 5.41) is 0.179. The van der Waals surface area contributed by atoms with Crippen molar-refractivity contribution in [1.29, 1.82) is 0 Å². The summed E-state index contributed by atoms with van der Waals surface area (Å²) in [5.41, 5.74) is 0. The molecule has 0 spiro atoms. The first-order valence-electron chi connectivity index (χ1n) is 9.28. The molecule has 0 aromatic heterocycles. The molecule has 0 N–H and O–H groups in total. The summed E-state index contributed by atoms with van der Waals surface area (Å²) < 4.78 is 5.41. The molecule has 1 saturated carbocycles. The van der Waals surface area contributed by atoms with Gasteiger partial charge in [0.15, 0.2) is 0 Å². The van der Waals surface area contributed by atoms with Crippen molar-refractivity contribution < 1.29 is 14.3 Å². The predicted octanol–water partition coefficient (Wildman–Crippen LogP) is 3.98. The van der Waals surface area contributed by atoms with Crippen molar-refractivity contribution in [1.82, 2.24) is 4.90 Å². The van der Waals surface area contributed by atoms with E-state index in [0.717, 1.165) is 19.3 Å². The fourth-order valence-corrected chi connectivity index (χ4v) is 5.21. The standard InChI is InChI=1S/C18H31NO3S/c1-3-5-12-22-18(21)15-13-23-17(14-10-7-6-8-11-14)19(15)16(20)9-4-2/h14-15,17H,3-13H2,1-2H3. The lowest BCUT2D eigenvalue weighted by Gasteiger charge is -2.35. The maximum absolute atomic E-state index is 12.6. The molecule has 0 aromatic rings. The number of esters is 1. The highest BCUT2D eigenvalue weighted by molar-refractivity contribution is 8.00. The minimum atomic E-state index is -0.372. The van der Waals surface area contributed by atoms with Crippen LogP contribution in [0.25, 0.3) is 0 Å². The number of unbranched alkanes of at least 4 members (excludes halogenated alkanes) is 1. The maximum Gasteiger partial charge on any atom is 0.329 e. The Bertz CT molecular complexity index is 396. The van der Waals surface area contributed by atoms with Crippen LogP contribution in [0.4, 0.5) is 0 Å². The van der Waals surface area contributed by atoms with Crippen molar-refractivity contribution in [3.63, 3.8) is 0 Å². The average molecular weight is 342 g/mol. The largest absolute Gasteiger partial charge is 0.464 e. The van der Waals surface area contributed by atoms with Crippen LogP contribution in [0.15, 0.2) is 0 Å². The molecule has 132 valence electrons. The van der Waals surface area contributed by atoms with Crippen LogP contribution in [0.3, 0.4) is 0 Å². The van der Waals surface area contributed by atoms with Crippen molar-refractivity contribution in [3.05, 3.63) is 0 Å². The van der Waals surface area contributed by atoms with E-state index in [1.54, 1.807) is 11.8 Å². The minimum Gasteiger partial charge on any atom is -0.464 e. The summed E-state index contributed by atoms with van der Waals surface area (Å²) in [4.78, 5) is 27.0. The lowest BCUT2D eigenvalue weighted by Crippen LogP contribution is -2.48. The zero-order valence-electron chi connectivity index (χ0n) is 14.6. The van der Waals surface area contributed by atoms with E-state index in [1.807, 2.05) is 11.8 Å². The van der Waals surface area contributed by atoms with E-state index < -0.39 is 0 Å². The molecule has 2 rings (SSSR count). The van der Waals surface area contributed by atoms with Gasteiger partial charge >= 0.3 is 5.97 Å². The number of nitrogens with zero attached hydrogens (tertiary/aromatic N) is 1. The van der Waals surface area contributed by atoms with Crippen LogP contribution in [0.5, 0.6) is 0 Å². The number of rotatable bonds is 7. The van der Waals surface area contributed by atoms with Gasteiger partial charge in [-0.3, -0.25) is 4.79 Å². The third-order valence-electron chi connectivity index (χ3n) is 4.85. The van der Waals surface area contributed by atoms with Crippen molar-refractivity contribution in [2.45, 2.75) is 83.1 Å². The molecule has 5 heteroatoms. The molecular formula is C18H31NO3S. The molecule has 2 atom stereocenters. The Hall–Kier alpha value is -0.710. The number of ether oxygens (including phenoxy) is 1. The monoisotopic (exact) mass is 341 g/mol. The molecule has 0 aromatic carbocycles. The van der Waals surface area contributed by atoms with Crippen LogP contribution in [-0.4, -0.2) is 40.6 Å². The fraction of sp³-hybridized carbons (Fsp3) is 0.889. The second-order valence-electron chi connectivity index (χ2n) is 6.71. The summed E-state index contributed by atoms with van der Waals surface area (Å²) in [7, 11) is 0. The molecule has 4 nitrogen and oxygen atoms in total. The van der Waals surface area contributed by atoms with E-state index in [2.05, 4.69) is 6.92 Å². The molecule has 0 radical (unpaired) electrons. The quantitative estimate of drug-likeness (QED) is 0.519. The lowest BCUT2D eigenvalue weighted by molar-refractivity contribution is -0.154. The van der Waals surface area contributed by atoms with Gasteiger partial charge in [-0.15, -0.1) is 11.8 Å². The topological polar surface area (TPSA) is 46.6 Å². The minimum absolute atomic E-state index is 0.130. The molecule has 2 unspecified atom stereocenters. The molecule has 23 heavy (non-hydrogen) atoms. The maximum atomic E-state index is 12.6. The Morgan fingerprint density at radius 3 is 2.52 bits per heavy atom. The zero-order valence-corrected chi connectivity index (χ0v) is 15.4. The molecule has 1 saturated heterocycles. The van der Waals surface area contributed by atoms with Crippen LogP contribution in [0.1, 0.15) is 71.6 Å². The highest BCUT2D eigenvalue weighted by Gasteiger charge is 2.45. The van der Waals surface area contributed by atoms with Crippen molar-refractivity contribution in [2.24, 2.45) is 5.92 Å². The SMILES string of the molecule is CCCCOC(=O)C1CSC(C2CCCCC2)N1C(=O)CCC. The van der Waals surface area contributed by atoms with Gasteiger partial charge in [-0.1, -0.05) is 39.5 Å². The summed E-state index contributed by atoms with van der Waals surface area (Å²) in [5.74, 6) is 1.17. The second-order valence-corrected chi connectivity index (χ2v) is 7.86. The van der Waals surface area contributed by atoms with E-state index in [4.69, 9.17) is 4.74 Å². The molecule has 0 bridgehead atoms. The van der Waals surface area contributed by atoms with Crippen molar-refractivity contribution in [3.8, 4) is 0 Å². The highest BCUT2D eigenvalue weighted by atomic mass is 32.2. The lowest BCUT2D eigenvalue weighted by atomic mass is 9.88. The number of hydrogen-bond acceptors (Lipinski definition) is 4. The average Bonchev–Trinajstić information content (AvgIpc) is 3.01. The van der Waals surface area contributed by atoms with Gasteiger partial charge < -0.3 is 9.64 Å². The number of amides is 1. The molecular weight excluding hydrogens is 310 g/mol. The van der Waals surface area contributed by atoms with E-state index in [-0.39, 0.29) is 23.3 Å². The van der Waals surface area contributed by atoms with Gasteiger partial charge in [0.05, 0.1) is 12.0 Å². The Morgan fingerprint density at radius 2 is 1.87 bits per heavy atom. The van der Waals surface area contributed by atoms with Gasteiger partial charge in [0, 0.05) is 12.2 Å². The zero-order chi connectivity index (χ0) is 16.7. The smallest absolute Gasteiger partial charge is 0.329 e. The van der Waals surface area contributed by atoms with Crippen LogP contribution < -0.4 is 0 Å². The third kappa shape index (κ3) is 4.88. The van der Waals surface area contributed by atoms with Crippen molar-refractivity contribution >= 4 is 23.6 Å². The first-order chi connectivity index (χ1) is 11.2. The van der Waals surface area contributed by atoms with E-state index in [1.165, 1.54) is 32.1 Å². The van der Waals surface area contributed by atoms with E-state index in [0.29, 0.717) is 24.7 Å². The molecule has 1 heterocycles. The van der Waals surface area contributed by atoms with Crippen LogP contribution in [-0.2, 0) is 14.3 Å². The van der Waals surface area contributed by atoms with Crippen LogP contribution >= 0.6 is 11.8 Å². The van der Waals surface area contributed by atoms with Crippen LogP contribution in [0.2, 0.25) is 0 Å². The van der Waals surface area contributed by atoms with Crippen molar-refractivity contribution in [2.75, 3.05) is 12.4 Å². The van der Waals surface area contributed by atoms with Gasteiger partial charge in [-0.25, -0.2) is 4.79 Å². The predicted molar refractivity (Wildman–Crippen MR) is 94.2 cm³/mol. The van der Waals surface area contributed by atoms with Gasteiger partial charge in [-0.05, 0) is 31.6 Å². The molecule has 1 amide bonds. The van der Waals surface area contributed by atoms with Gasteiger partial charge in [0.2, 0.25) is 5.91 Å². The summed E-state index contributed by atoms with van der Waals surface area (Å²) in [6.45, 7) is 4.57. The second kappa shape index (κ2) is 9.55. The Labute approximate surface area is 144 Å². The van der Waals surface area contributed by atoms with Crippen LogP contribution in [0, 0.1) is 5.92 Å². The fourth-order valence-electron chi connectivity index (χ4n) is 3.56. The van der Waals surface area contributed by atoms with Gasteiger partial charge in [0.1, 0.15) is 6.04 Å². The highest BCUT2D eigenvalue weighted by Crippen LogP contribution is 2.41. The normalized spacial score (nSPS) is 25.6. The number of carbonyl (C=O) groups is 2. The molecule has 2 aliphatic rings. The number of hydrogen-bond donors (Lipinski definition) is 0. The summed E-state index contributed by atoms with van der Waals surface area (Å²) in [6.07, 6.45) is 9.44. The van der Waals surface area contributed by atoms with Gasteiger partial charge in [-0.2, -0.15) is 0 Å². The first-order valence-corrected chi connectivity index (χ1v) is 10.3. The summed E-state index contributed by atoms with van der Waals surface area (Å²) in [6, 6.07) is -0.372. The number of carbonyl (C=O) groups excluding carboxylic acids is 2. The Balaban J connectivity index is 2.04. The molecule has 1 aliphatic heterocycles. The van der Waals surface area contributed by atoms with Gasteiger partial charge in [0.25, 0.3) is 0 Å². The molecule has 2 fully saturated rings. The van der Waals surface area contributed by atoms with E-state index in [9.17, 15) is 9.59 Å². The summed E-state index contributed by atoms with van der Waals surface area (Å²) >= 11 is 1.79. The van der Waals surface area contributed by atoms with E-state index >= 15 is 0 Å². The molecule has 1 aliphatic carbocycles. The number of thioether (sulfide) groups is 1.